The molecule has 0 atom stereocenters. The lowest BCUT2D eigenvalue weighted by molar-refractivity contribution is 0.0601. The molecule has 0 aliphatic rings. The Balaban J connectivity index is 2.32. The van der Waals surface area contributed by atoms with E-state index < -0.39 is 0 Å². The van der Waals surface area contributed by atoms with Gasteiger partial charge < -0.3 is 15.8 Å². The number of anilines is 1. The van der Waals surface area contributed by atoms with Crippen molar-refractivity contribution < 1.29 is 9.53 Å². The number of nitrogens with two attached hydrogens (primary N) is 1. The minimum atomic E-state index is -0.337. The van der Waals surface area contributed by atoms with Crippen molar-refractivity contribution >= 4 is 22.6 Å². The molecule has 3 N–H and O–H groups in total. The summed E-state index contributed by atoms with van der Waals surface area (Å²) in [5.74, 6) is 0.471. The molecular weight excluding hydrogens is 242 g/mol. The van der Waals surface area contributed by atoms with Crippen LogP contribution in [0.3, 0.4) is 0 Å². The Morgan fingerprint density at radius 1 is 1.42 bits per heavy atom. The normalized spacial score (nSPS) is 10.4. The van der Waals surface area contributed by atoms with Crippen molar-refractivity contribution in [3.05, 3.63) is 36.0 Å². The van der Waals surface area contributed by atoms with Crippen molar-refractivity contribution in [3.8, 4) is 0 Å². The van der Waals surface area contributed by atoms with E-state index in [9.17, 15) is 4.79 Å². The van der Waals surface area contributed by atoms with E-state index in [1.165, 1.54) is 7.11 Å². The molecule has 0 fully saturated rings. The van der Waals surface area contributed by atoms with Gasteiger partial charge in [0.05, 0.1) is 12.7 Å². The molecular formula is C14H17N3O2. The average Bonchev–Trinajstić information content (AvgIpc) is 2.46. The van der Waals surface area contributed by atoms with Crippen LogP contribution >= 0.6 is 0 Å². The topological polar surface area (TPSA) is 77.2 Å². The van der Waals surface area contributed by atoms with Crippen LogP contribution in [0.15, 0.2) is 30.5 Å². The van der Waals surface area contributed by atoms with E-state index >= 15 is 0 Å². The van der Waals surface area contributed by atoms with E-state index in [0.717, 1.165) is 29.6 Å². The van der Waals surface area contributed by atoms with Gasteiger partial charge in [-0.05, 0) is 42.6 Å². The summed E-state index contributed by atoms with van der Waals surface area (Å²) in [6.45, 7) is 1.42. The second kappa shape index (κ2) is 6.15. The Hall–Kier alpha value is -2.14. The molecule has 1 aromatic heterocycles. The molecule has 5 nitrogen and oxygen atoms in total. The lowest BCUT2D eigenvalue weighted by Crippen LogP contribution is -2.09. The average molecular weight is 259 g/mol. The predicted octanol–water partition coefficient (Wildman–Crippen LogP) is 1.78. The first-order valence-corrected chi connectivity index (χ1v) is 6.17. The van der Waals surface area contributed by atoms with Gasteiger partial charge in [0.25, 0.3) is 0 Å². The van der Waals surface area contributed by atoms with Gasteiger partial charge in [0.1, 0.15) is 5.82 Å². The summed E-state index contributed by atoms with van der Waals surface area (Å²) in [6.07, 6.45) is 2.60. The molecule has 0 saturated heterocycles. The maximum atomic E-state index is 11.5. The van der Waals surface area contributed by atoms with Crippen LogP contribution in [0.2, 0.25) is 0 Å². The monoisotopic (exact) mass is 259 g/mol. The molecule has 0 saturated carbocycles. The first-order valence-electron chi connectivity index (χ1n) is 6.17. The van der Waals surface area contributed by atoms with Gasteiger partial charge in [-0.2, -0.15) is 0 Å². The van der Waals surface area contributed by atoms with E-state index in [-0.39, 0.29) is 5.97 Å². The van der Waals surface area contributed by atoms with Crippen LogP contribution in [0, 0.1) is 0 Å². The minimum absolute atomic E-state index is 0.337. The first-order chi connectivity index (χ1) is 9.26. The van der Waals surface area contributed by atoms with Crippen LogP contribution < -0.4 is 11.1 Å². The molecule has 1 aromatic carbocycles. The van der Waals surface area contributed by atoms with Gasteiger partial charge in [0.15, 0.2) is 0 Å². The van der Waals surface area contributed by atoms with E-state index in [1.54, 1.807) is 18.3 Å². The molecule has 19 heavy (non-hydrogen) atoms. The Morgan fingerprint density at radius 2 is 2.26 bits per heavy atom. The Labute approximate surface area is 111 Å². The lowest BCUT2D eigenvalue weighted by atomic mass is 10.1. The second-order valence-electron chi connectivity index (χ2n) is 4.16. The fourth-order valence-electron chi connectivity index (χ4n) is 1.87. The summed E-state index contributed by atoms with van der Waals surface area (Å²) < 4.78 is 4.71. The van der Waals surface area contributed by atoms with Gasteiger partial charge in [-0.25, -0.2) is 9.78 Å². The number of hydrogen-bond donors (Lipinski definition) is 2. The Kier molecular flexibility index (Phi) is 4.30. The fraction of sp³-hybridized carbons (Fsp3) is 0.286. The number of pyridine rings is 1. The van der Waals surface area contributed by atoms with Gasteiger partial charge in [0, 0.05) is 18.1 Å². The van der Waals surface area contributed by atoms with Crippen LogP contribution in [-0.4, -0.2) is 31.2 Å². The number of ether oxygens (including phenoxy) is 1. The van der Waals surface area contributed by atoms with E-state index in [2.05, 4.69) is 10.3 Å². The number of benzene rings is 1. The van der Waals surface area contributed by atoms with Crippen molar-refractivity contribution in [3.63, 3.8) is 0 Å². The molecule has 2 aromatic rings. The van der Waals surface area contributed by atoms with E-state index in [4.69, 9.17) is 10.5 Å². The Morgan fingerprint density at radius 3 is 3.00 bits per heavy atom. The molecule has 0 aliphatic carbocycles. The molecule has 0 radical (unpaired) electrons. The number of methoxy groups -OCH3 is 1. The first kappa shape index (κ1) is 13.3. The van der Waals surface area contributed by atoms with Crippen LogP contribution in [0.1, 0.15) is 16.8 Å². The number of rotatable bonds is 5. The summed E-state index contributed by atoms with van der Waals surface area (Å²) in [5.41, 5.74) is 6.00. The number of carbonyl (C=O) groups excluding carboxylic acids is 1. The van der Waals surface area contributed by atoms with E-state index in [1.807, 2.05) is 12.1 Å². The smallest absolute Gasteiger partial charge is 0.337 e. The second-order valence-corrected chi connectivity index (χ2v) is 4.16. The predicted molar refractivity (Wildman–Crippen MR) is 75.2 cm³/mol. The molecule has 0 unspecified atom stereocenters. The zero-order valence-corrected chi connectivity index (χ0v) is 10.8. The highest BCUT2D eigenvalue weighted by Gasteiger charge is 2.08. The largest absolute Gasteiger partial charge is 0.465 e. The number of nitrogens with one attached hydrogen (secondary N) is 1. The minimum Gasteiger partial charge on any atom is -0.465 e. The molecule has 1 heterocycles. The number of nitrogens with zero attached hydrogens (tertiary/aromatic N) is 1. The number of carbonyl (C=O) groups is 1. The zero-order valence-electron chi connectivity index (χ0n) is 10.8. The van der Waals surface area contributed by atoms with Crippen molar-refractivity contribution in [2.24, 2.45) is 5.73 Å². The molecule has 0 aliphatic heterocycles. The molecule has 5 heteroatoms. The van der Waals surface area contributed by atoms with E-state index in [0.29, 0.717) is 12.1 Å². The Bertz CT molecular complexity index is 584. The highest BCUT2D eigenvalue weighted by atomic mass is 16.5. The van der Waals surface area contributed by atoms with Gasteiger partial charge in [-0.15, -0.1) is 0 Å². The van der Waals surface area contributed by atoms with Crippen LogP contribution in [0.5, 0.6) is 0 Å². The van der Waals surface area contributed by atoms with Crippen molar-refractivity contribution in [1.82, 2.24) is 4.98 Å². The molecule has 0 spiro atoms. The van der Waals surface area contributed by atoms with Crippen molar-refractivity contribution in [1.29, 1.82) is 0 Å². The standard InChI is InChI=1S/C14H17N3O2/c1-19-14(18)11-3-4-12-10(9-11)5-8-17-13(12)16-7-2-6-15/h3-5,8-9H,2,6-7,15H2,1H3,(H,16,17). The molecule has 0 bridgehead atoms. The third-order valence-corrected chi connectivity index (χ3v) is 2.86. The summed E-state index contributed by atoms with van der Waals surface area (Å²) in [7, 11) is 1.37. The number of fused-ring (bicyclic) bond motifs is 1. The van der Waals surface area contributed by atoms with Gasteiger partial charge in [-0.3, -0.25) is 0 Å². The molecule has 100 valence electrons. The molecule has 2 rings (SSSR count). The summed E-state index contributed by atoms with van der Waals surface area (Å²) >= 11 is 0. The maximum absolute atomic E-state index is 11.5. The highest BCUT2D eigenvalue weighted by molar-refractivity contribution is 5.98. The SMILES string of the molecule is COC(=O)c1ccc2c(NCCCN)nccc2c1. The highest BCUT2D eigenvalue weighted by Crippen LogP contribution is 2.22. The van der Waals surface area contributed by atoms with Gasteiger partial charge >= 0.3 is 5.97 Å². The molecule has 0 amide bonds. The number of hydrogen-bond acceptors (Lipinski definition) is 5. The van der Waals surface area contributed by atoms with Crippen molar-refractivity contribution in [2.45, 2.75) is 6.42 Å². The zero-order chi connectivity index (χ0) is 13.7. The number of esters is 1. The quantitative estimate of drug-likeness (QED) is 0.632. The summed E-state index contributed by atoms with van der Waals surface area (Å²) in [5, 5.41) is 5.17. The summed E-state index contributed by atoms with van der Waals surface area (Å²) in [6, 6.07) is 7.29. The third kappa shape index (κ3) is 3.00. The van der Waals surface area contributed by atoms with Crippen molar-refractivity contribution in [2.75, 3.05) is 25.5 Å². The third-order valence-electron chi connectivity index (χ3n) is 2.86. The van der Waals surface area contributed by atoms with Gasteiger partial charge in [-0.1, -0.05) is 0 Å². The van der Waals surface area contributed by atoms with Crippen LogP contribution in [0.25, 0.3) is 10.8 Å². The number of aromatic nitrogens is 1. The van der Waals surface area contributed by atoms with Crippen LogP contribution in [-0.2, 0) is 4.74 Å². The lowest BCUT2D eigenvalue weighted by Gasteiger charge is -2.09. The fourth-order valence-corrected chi connectivity index (χ4v) is 1.87. The maximum Gasteiger partial charge on any atom is 0.337 e. The van der Waals surface area contributed by atoms with Crippen LogP contribution in [0.4, 0.5) is 5.82 Å². The summed E-state index contributed by atoms with van der Waals surface area (Å²) in [4.78, 5) is 15.8. The van der Waals surface area contributed by atoms with Gasteiger partial charge in [0.2, 0.25) is 0 Å².